The molecule has 0 saturated carbocycles. The Bertz CT molecular complexity index is 1190. The Morgan fingerprint density at radius 2 is 1.94 bits per heavy atom. The summed E-state index contributed by atoms with van der Waals surface area (Å²) in [6, 6.07) is 13.9. The maximum Gasteiger partial charge on any atom is 0.248 e. The Morgan fingerprint density at radius 3 is 2.68 bits per heavy atom. The van der Waals surface area contributed by atoms with Crippen molar-refractivity contribution in [3.63, 3.8) is 0 Å². The normalized spacial score (nSPS) is 18.7. The first kappa shape index (κ1) is 21.5. The topological polar surface area (TPSA) is 92.5 Å². The van der Waals surface area contributed by atoms with Gasteiger partial charge in [0.25, 0.3) is 0 Å². The molecule has 0 bridgehead atoms. The molecule has 1 aliphatic heterocycles. The van der Waals surface area contributed by atoms with Gasteiger partial charge >= 0.3 is 0 Å². The largest absolute Gasteiger partial charge is 0.360 e. The van der Waals surface area contributed by atoms with E-state index < -0.39 is 15.9 Å². The predicted octanol–water partition coefficient (Wildman–Crippen LogP) is 3.72. The number of piperidine rings is 1. The molecular formula is C23H27N3O4S. The molecular weight excluding hydrogens is 414 g/mol. The van der Waals surface area contributed by atoms with Crippen LogP contribution < -0.4 is 5.32 Å². The van der Waals surface area contributed by atoms with Gasteiger partial charge in [0.05, 0.1) is 12.0 Å². The molecule has 31 heavy (non-hydrogen) atoms. The number of aryl methyl sites for hydroxylation is 2. The van der Waals surface area contributed by atoms with Gasteiger partial charge in [-0.25, -0.2) is 8.42 Å². The predicted molar refractivity (Wildman–Crippen MR) is 118 cm³/mol. The average Bonchev–Trinajstić information content (AvgIpc) is 3.12. The lowest BCUT2D eigenvalue weighted by molar-refractivity contribution is -0.126. The van der Waals surface area contributed by atoms with Gasteiger partial charge in [0.15, 0.2) is 5.76 Å². The highest BCUT2D eigenvalue weighted by Gasteiger charge is 2.36. The fourth-order valence-electron chi connectivity index (χ4n) is 4.38. The molecule has 1 aromatic heterocycles. The van der Waals surface area contributed by atoms with E-state index >= 15 is 0 Å². The monoisotopic (exact) mass is 441 g/mol. The number of rotatable bonds is 5. The minimum absolute atomic E-state index is 0.109. The number of nitrogens with one attached hydrogen (secondary N) is 1. The number of fused-ring (bicyclic) bond motifs is 1. The highest BCUT2D eigenvalue weighted by Crippen LogP contribution is 2.29. The molecule has 8 heteroatoms. The van der Waals surface area contributed by atoms with Gasteiger partial charge in [0.2, 0.25) is 15.9 Å². The molecule has 0 radical (unpaired) electrons. The minimum Gasteiger partial charge on any atom is -0.360 e. The van der Waals surface area contributed by atoms with Crippen LogP contribution in [0.1, 0.15) is 42.8 Å². The zero-order chi connectivity index (χ0) is 22.2. The smallest absolute Gasteiger partial charge is 0.248 e. The number of carbonyl (C=O) groups excluding carboxylic acids is 1. The first-order valence-electron chi connectivity index (χ1n) is 10.5. The summed E-state index contributed by atoms with van der Waals surface area (Å²) >= 11 is 0. The second-order valence-electron chi connectivity index (χ2n) is 8.15. The van der Waals surface area contributed by atoms with Gasteiger partial charge in [-0.05, 0) is 49.9 Å². The molecule has 164 valence electrons. The molecule has 3 aromatic rings. The Kier molecular flexibility index (Phi) is 5.85. The molecule has 0 spiro atoms. The Hall–Kier alpha value is -2.71. The van der Waals surface area contributed by atoms with Gasteiger partial charge in [-0.2, -0.15) is 4.31 Å². The van der Waals surface area contributed by atoms with Crippen molar-refractivity contribution in [2.75, 3.05) is 13.1 Å². The summed E-state index contributed by atoms with van der Waals surface area (Å²) in [6.07, 6.45) is 1.28. The number of amides is 1. The van der Waals surface area contributed by atoms with E-state index in [4.69, 9.17) is 4.52 Å². The molecule has 1 saturated heterocycles. The van der Waals surface area contributed by atoms with Crippen LogP contribution in [0.4, 0.5) is 0 Å². The maximum absolute atomic E-state index is 13.1. The zero-order valence-corrected chi connectivity index (χ0v) is 18.8. The molecule has 7 nitrogen and oxygen atoms in total. The van der Waals surface area contributed by atoms with Crippen molar-refractivity contribution in [3.8, 4) is 0 Å². The average molecular weight is 442 g/mol. The van der Waals surface area contributed by atoms with E-state index in [0.29, 0.717) is 25.1 Å². The number of hydrogen-bond acceptors (Lipinski definition) is 5. The van der Waals surface area contributed by atoms with Crippen molar-refractivity contribution in [1.29, 1.82) is 0 Å². The number of nitrogens with zero attached hydrogens (tertiary/aromatic N) is 2. The summed E-state index contributed by atoms with van der Waals surface area (Å²) < 4.78 is 32.7. The molecule has 1 amide bonds. The van der Waals surface area contributed by atoms with Crippen LogP contribution in [-0.2, 0) is 14.8 Å². The third-order valence-electron chi connectivity index (χ3n) is 5.97. The molecule has 4 rings (SSSR count). The number of hydrogen-bond donors (Lipinski definition) is 1. The van der Waals surface area contributed by atoms with E-state index in [1.807, 2.05) is 49.4 Å². The van der Waals surface area contributed by atoms with Crippen molar-refractivity contribution in [2.45, 2.75) is 44.6 Å². The van der Waals surface area contributed by atoms with Crippen LogP contribution in [-0.4, -0.2) is 36.9 Å². The molecule has 1 aliphatic rings. The van der Waals surface area contributed by atoms with E-state index in [1.54, 1.807) is 13.8 Å². The summed E-state index contributed by atoms with van der Waals surface area (Å²) in [7, 11) is -3.76. The van der Waals surface area contributed by atoms with Crippen LogP contribution in [0.2, 0.25) is 0 Å². The second kappa shape index (κ2) is 8.43. The first-order valence-corrected chi connectivity index (χ1v) is 11.9. The van der Waals surface area contributed by atoms with E-state index in [1.165, 1.54) is 4.31 Å². The van der Waals surface area contributed by atoms with Gasteiger partial charge in [-0.1, -0.05) is 47.6 Å². The van der Waals surface area contributed by atoms with Crippen LogP contribution in [0, 0.1) is 19.8 Å². The summed E-state index contributed by atoms with van der Waals surface area (Å²) in [6.45, 7) is 5.70. The van der Waals surface area contributed by atoms with E-state index in [2.05, 4.69) is 10.5 Å². The number of carbonyl (C=O) groups is 1. The number of benzene rings is 2. The van der Waals surface area contributed by atoms with Crippen LogP contribution in [0.25, 0.3) is 10.8 Å². The number of aromatic nitrogens is 1. The molecule has 2 unspecified atom stereocenters. The van der Waals surface area contributed by atoms with Crippen molar-refractivity contribution in [1.82, 2.24) is 14.8 Å². The van der Waals surface area contributed by atoms with Crippen LogP contribution in [0.15, 0.2) is 51.9 Å². The Balaban J connectivity index is 1.50. The van der Waals surface area contributed by atoms with Crippen molar-refractivity contribution in [3.05, 3.63) is 59.5 Å². The van der Waals surface area contributed by atoms with Crippen LogP contribution >= 0.6 is 0 Å². The van der Waals surface area contributed by atoms with Gasteiger partial charge in [-0.15, -0.1) is 0 Å². The van der Waals surface area contributed by atoms with Crippen LogP contribution in [0.3, 0.4) is 0 Å². The first-order chi connectivity index (χ1) is 14.8. The van der Waals surface area contributed by atoms with Gasteiger partial charge in [0, 0.05) is 13.1 Å². The third kappa shape index (κ3) is 4.09. The fourth-order valence-corrected chi connectivity index (χ4v) is 6.20. The lowest BCUT2D eigenvalue weighted by Crippen LogP contribution is -2.46. The highest BCUT2D eigenvalue weighted by molar-refractivity contribution is 7.89. The minimum atomic E-state index is -3.76. The maximum atomic E-state index is 13.1. The molecule has 1 fully saturated rings. The van der Waals surface area contributed by atoms with Crippen molar-refractivity contribution in [2.24, 2.45) is 5.92 Å². The van der Waals surface area contributed by atoms with Crippen LogP contribution in [0.5, 0.6) is 0 Å². The summed E-state index contributed by atoms with van der Waals surface area (Å²) in [5.74, 6) is -0.255. The lowest BCUT2D eigenvalue weighted by atomic mass is 9.96. The third-order valence-corrected chi connectivity index (χ3v) is 8.08. The van der Waals surface area contributed by atoms with Gasteiger partial charge in [-0.3, -0.25) is 4.79 Å². The van der Waals surface area contributed by atoms with E-state index in [9.17, 15) is 13.2 Å². The molecule has 2 atom stereocenters. The zero-order valence-electron chi connectivity index (χ0n) is 18.0. The van der Waals surface area contributed by atoms with E-state index in [-0.39, 0.29) is 29.1 Å². The summed E-state index contributed by atoms with van der Waals surface area (Å²) in [5.41, 5.74) is 1.39. The molecule has 1 N–H and O–H groups in total. The quantitative estimate of drug-likeness (QED) is 0.651. The lowest BCUT2D eigenvalue weighted by Gasteiger charge is -2.31. The standard InChI is InChI=1S/C23H27N3O4S/c1-15(20-12-6-9-18-8-4-5-11-21(18)20)24-23(27)19-10-7-13-26(14-19)31(28,29)22-16(2)25-30-17(22)3/h4-6,8-9,11-12,15,19H,7,10,13-14H2,1-3H3,(H,24,27). The second-order valence-corrected chi connectivity index (χ2v) is 10.0. The summed E-state index contributed by atoms with van der Waals surface area (Å²) in [5, 5.41) is 9.09. The van der Waals surface area contributed by atoms with Crippen molar-refractivity contribution >= 4 is 26.7 Å². The van der Waals surface area contributed by atoms with Gasteiger partial charge < -0.3 is 9.84 Å². The SMILES string of the molecule is Cc1noc(C)c1S(=O)(=O)N1CCCC(C(=O)NC(C)c2cccc3ccccc23)C1. The summed E-state index contributed by atoms with van der Waals surface area (Å²) in [4.78, 5) is 13.2. The number of sulfonamides is 1. The Labute approximate surface area is 182 Å². The van der Waals surface area contributed by atoms with Gasteiger partial charge in [0.1, 0.15) is 10.6 Å². The molecule has 2 aromatic carbocycles. The van der Waals surface area contributed by atoms with Crippen molar-refractivity contribution < 1.29 is 17.7 Å². The van der Waals surface area contributed by atoms with E-state index in [0.717, 1.165) is 16.3 Å². The molecule has 2 heterocycles. The fraction of sp³-hybridized carbons (Fsp3) is 0.391. The Morgan fingerprint density at radius 1 is 1.19 bits per heavy atom. The molecule has 0 aliphatic carbocycles. The highest BCUT2D eigenvalue weighted by atomic mass is 32.2.